The predicted octanol–water partition coefficient (Wildman–Crippen LogP) is 4.05. The van der Waals surface area contributed by atoms with E-state index in [4.69, 9.17) is 4.74 Å². The van der Waals surface area contributed by atoms with Crippen molar-refractivity contribution < 1.29 is 9.53 Å². The molecule has 0 spiro atoms. The molecule has 0 atom stereocenters. The second-order valence-corrected chi connectivity index (χ2v) is 5.91. The van der Waals surface area contributed by atoms with Crippen LogP contribution in [0.3, 0.4) is 0 Å². The van der Waals surface area contributed by atoms with Gasteiger partial charge < -0.3 is 15.4 Å². The molecule has 2 aromatic carbocycles. The quantitative estimate of drug-likeness (QED) is 0.691. The van der Waals surface area contributed by atoms with Gasteiger partial charge in [0.25, 0.3) is 0 Å². The molecule has 25 heavy (non-hydrogen) atoms. The summed E-state index contributed by atoms with van der Waals surface area (Å²) in [6.07, 6.45) is 1.77. The van der Waals surface area contributed by atoms with Crippen molar-refractivity contribution in [3.63, 3.8) is 0 Å². The van der Waals surface area contributed by atoms with Crippen LogP contribution in [-0.4, -0.2) is 24.2 Å². The monoisotopic (exact) mass is 335 g/mol. The number of aromatic nitrogens is 1. The van der Waals surface area contributed by atoms with E-state index in [0.29, 0.717) is 13.2 Å². The molecule has 5 nitrogen and oxygen atoms in total. The molecule has 128 valence electrons. The second-order valence-electron chi connectivity index (χ2n) is 5.91. The van der Waals surface area contributed by atoms with Gasteiger partial charge in [0.05, 0.1) is 12.1 Å². The second kappa shape index (κ2) is 7.66. The molecule has 3 aromatic rings. The number of pyridine rings is 1. The van der Waals surface area contributed by atoms with Crippen LogP contribution in [0.4, 0.5) is 10.5 Å². The van der Waals surface area contributed by atoms with Gasteiger partial charge in [-0.2, -0.15) is 0 Å². The van der Waals surface area contributed by atoms with Crippen molar-refractivity contribution in [1.29, 1.82) is 0 Å². The zero-order valence-corrected chi connectivity index (χ0v) is 14.4. The lowest BCUT2D eigenvalue weighted by Gasteiger charge is -2.11. The van der Waals surface area contributed by atoms with Gasteiger partial charge in [-0.3, -0.25) is 4.98 Å². The number of nitrogens with zero attached hydrogens (tertiary/aromatic N) is 1. The molecular formula is C20H21N3O2. The summed E-state index contributed by atoms with van der Waals surface area (Å²) in [6.45, 7) is 4.77. The maximum atomic E-state index is 12.0. The minimum Gasteiger partial charge on any atom is -0.492 e. The summed E-state index contributed by atoms with van der Waals surface area (Å²) in [5.74, 6) is 0.761. The minimum absolute atomic E-state index is 0.236. The summed E-state index contributed by atoms with van der Waals surface area (Å²) in [7, 11) is 0. The van der Waals surface area contributed by atoms with Crippen molar-refractivity contribution in [1.82, 2.24) is 10.3 Å². The first kappa shape index (κ1) is 16.8. The SMILES string of the molecule is Cc1ccc(C)c(NC(=O)NCCOc2ccc3ncccc3c2)c1. The van der Waals surface area contributed by atoms with Crippen LogP contribution in [0.25, 0.3) is 10.9 Å². The zero-order valence-electron chi connectivity index (χ0n) is 14.4. The number of ether oxygens (including phenoxy) is 1. The summed E-state index contributed by atoms with van der Waals surface area (Å²) in [4.78, 5) is 16.3. The standard InChI is InChI=1S/C20H21N3O2/c1-14-5-6-15(2)19(12-14)23-20(24)22-10-11-25-17-7-8-18-16(13-17)4-3-9-21-18/h3-9,12-13H,10-11H2,1-2H3,(H2,22,23,24). The zero-order chi connectivity index (χ0) is 17.6. The molecule has 0 aliphatic heterocycles. The molecule has 0 radical (unpaired) electrons. The smallest absolute Gasteiger partial charge is 0.319 e. The predicted molar refractivity (Wildman–Crippen MR) is 100 cm³/mol. The summed E-state index contributed by atoms with van der Waals surface area (Å²) >= 11 is 0. The summed E-state index contributed by atoms with van der Waals surface area (Å²) in [5, 5.41) is 6.69. The Bertz CT molecular complexity index is 893. The number of hydrogen-bond acceptors (Lipinski definition) is 3. The molecule has 1 heterocycles. The average molecular weight is 335 g/mol. The van der Waals surface area contributed by atoms with E-state index in [-0.39, 0.29) is 6.03 Å². The third-order valence-corrected chi connectivity index (χ3v) is 3.87. The Labute approximate surface area is 147 Å². The van der Waals surface area contributed by atoms with Gasteiger partial charge in [-0.25, -0.2) is 4.79 Å². The fourth-order valence-corrected chi connectivity index (χ4v) is 2.51. The lowest BCUT2D eigenvalue weighted by atomic mass is 10.1. The number of nitrogens with one attached hydrogen (secondary N) is 2. The van der Waals surface area contributed by atoms with Crippen LogP contribution in [0.15, 0.2) is 54.7 Å². The maximum Gasteiger partial charge on any atom is 0.319 e. The van der Waals surface area contributed by atoms with Crippen molar-refractivity contribution in [2.75, 3.05) is 18.5 Å². The number of carbonyl (C=O) groups is 1. The van der Waals surface area contributed by atoms with E-state index in [9.17, 15) is 4.79 Å². The Morgan fingerprint density at radius 1 is 1.12 bits per heavy atom. The fraction of sp³-hybridized carbons (Fsp3) is 0.200. The van der Waals surface area contributed by atoms with Gasteiger partial charge in [0.1, 0.15) is 12.4 Å². The first-order valence-corrected chi connectivity index (χ1v) is 8.21. The van der Waals surface area contributed by atoms with E-state index in [1.807, 2.05) is 62.4 Å². The Hall–Kier alpha value is -3.08. The van der Waals surface area contributed by atoms with Crippen LogP contribution >= 0.6 is 0 Å². The Balaban J connectivity index is 1.47. The van der Waals surface area contributed by atoms with Crippen LogP contribution in [0, 0.1) is 13.8 Å². The van der Waals surface area contributed by atoms with Crippen LogP contribution in [0.2, 0.25) is 0 Å². The highest BCUT2D eigenvalue weighted by atomic mass is 16.5. The first-order valence-electron chi connectivity index (χ1n) is 8.21. The Kier molecular flexibility index (Phi) is 5.14. The number of urea groups is 1. The number of aryl methyl sites for hydroxylation is 2. The van der Waals surface area contributed by atoms with Crippen LogP contribution in [0.5, 0.6) is 5.75 Å². The van der Waals surface area contributed by atoms with E-state index in [1.165, 1.54) is 0 Å². The van der Waals surface area contributed by atoms with Gasteiger partial charge >= 0.3 is 6.03 Å². The number of fused-ring (bicyclic) bond motifs is 1. The van der Waals surface area contributed by atoms with Gasteiger partial charge in [-0.05, 0) is 55.3 Å². The highest BCUT2D eigenvalue weighted by Crippen LogP contribution is 2.19. The van der Waals surface area contributed by atoms with Crippen LogP contribution in [0.1, 0.15) is 11.1 Å². The molecule has 2 N–H and O–H groups in total. The lowest BCUT2D eigenvalue weighted by molar-refractivity contribution is 0.247. The van der Waals surface area contributed by atoms with Gasteiger partial charge in [0.2, 0.25) is 0 Å². The molecule has 0 aliphatic carbocycles. The normalized spacial score (nSPS) is 10.5. The number of carbonyl (C=O) groups excluding carboxylic acids is 1. The average Bonchev–Trinajstić information content (AvgIpc) is 2.62. The topological polar surface area (TPSA) is 63.2 Å². The number of hydrogen-bond donors (Lipinski definition) is 2. The number of benzene rings is 2. The van der Waals surface area contributed by atoms with Crippen molar-refractivity contribution in [2.45, 2.75) is 13.8 Å². The number of amides is 2. The third-order valence-electron chi connectivity index (χ3n) is 3.87. The maximum absolute atomic E-state index is 12.0. The van der Waals surface area contributed by atoms with E-state index in [2.05, 4.69) is 15.6 Å². The molecule has 1 aromatic heterocycles. The van der Waals surface area contributed by atoms with Crippen LogP contribution in [-0.2, 0) is 0 Å². The molecule has 0 saturated heterocycles. The number of rotatable bonds is 5. The molecule has 0 saturated carbocycles. The van der Waals surface area contributed by atoms with E-state index < -0.39 is 0 Å². The molecule has 3 rings (SSSR count). The van der Waals surface area contributed by atoms with Gasteiger partial charge in [-0.15, -0.1) is 0 Å². The van der Waals surface area contributed by atoms with E-state index >= 15 is 0 Å². The first-order chi connectivity index (χ1) is 12.1. The molecule has 0 fully saturated rings. The van der Waals surface area contributed by atoms with Gasteiger partial charge in [-0.1, -0.05) is 18.2 Å². The van der Waals surface area contributed by atoms with Crippen molar-refractivity contribution >= 4 is 22.6 Å². The van der Waals surface area contributed by atoms with Crippen molar-refractivity contribution in [2.24, 2.45) is 0 Å². The summed E-state index contributed by atoms with van der Waals surface area (Å²) in [6, 6.07) is 15.4. The van der Waals surface area contributed by atoms with Crippen molar-refractivity contribution in [3.05, 3.63) is 65.9 Å². The van der Waals surface area contributed by atoms with E-state index in [1.54, 1.807) is 6.20 Å². The molecule has 2 amide bonds. The molecule has 0 unspecified atom stereocenters. The lowest BCUT2D eigenvalue weighted by Crippen LogP contribution is -2.32. The summed E-state index contributed by atoms with van der Waals surface area (Å²) in [5.41, 5.74) is 3.89. The highest BCUT2D eigenvalue weighted by Gasteiger charge is 2.04. The van der Waals surface area contributed by atoms with E-state index in [0.717, 1.165) is 33.5 Å². The number of anilines is 1. The third kappa shape index (κ3) is 4.47. The molecule has 0 aliphatic rings. The minimum atomic E-state index is -0.236. The molecule has 0 bridgehead atoms. The molecule has 5 heteroatoms. The van der Waals surface area contributed by atoms with Crippen molar-refractivity contribution in [3.8, 4) is 5.75 Å². The molecular weight excluding hydrogens is 314 g/mol. The fourth-order valence-electron chi connectivity index (χ4n) is 2.51. The summed E-state index contributed by atoms with van der Waals surface area (Å²) < 4.78 is 5.69. The van der Waals surface area contributed by atoms with Gasteiger partial charge in [0.15, 0.2) is 0 Å². The van der Waals surface area contributed by atoms with Crippen LogP contribution < -0.4 is 15.4 Å². The Morgan fingerprint density at radius 2 is 2.00 bits per heavy atom. The van der Waals surface area contributed by atoms with Gasteiger partial charge in [0, 0.05) is 17.3 Å². The largest absolute Gasteiger partial charge is 0.492 e. The highest BCUT2D eigenvalue weighted by molar-refractivity contribution is 5.90. The Morgan fingerprint density at radius 3 is 2.88 bits per heavy atom.